The van der Waals surface area contributed by atoms with Crippen molar-refractivity contribution < 1.29 is 49.6 Å². The van der Waals surface area contributed by atoms with E-state index in [4.69, 9.17) is 30.4 Å². The summed E-state index contributed by atoms with van der Waals surface area (Å²) in [4.78, 5) is 1.79. The highest BCUT2D eigenvalue weighted by Crippen LogP contribution is 2.34. The maximum Gasteiger partial charge on any atom is 0.187 e. The quantitative estimate of drug-likeness (QED) is 0.172. The van der Waals surface area contributed by atoms with Crippen LogP contribution in [0.3, 0.4) is 0 Å². The third-order valence-corrected chi connectivity index (χ3v) is 6.68. The van der Waals surface area contributed by atoms with E-state index in [1.54, 1.807) is 25.9 Å². The molecule has 3 rings (SSSR count). The predicted molar refractivity (Wildman–Crippen MR) is 112 cm³/mol. The predicted octanol–water partition coefficient (Wildman–Crippen LogP) is -4.74. The van der Waals surface area contributed by atoms with Crippen LogP contribution in [0.15, 0.2) is 0 Å². The first-order chi connectivity index (χ1) is 15.5. The van der Waals surface area contributed by atoms with Crippen LogP contribution < -0.4 is 11.5 Å². The molecule has 2 aliphatic heterocycles. The van der Waals surface area contributed by atoms with Gasteiger partial charge >= 0.3 is 0 Å². The van der Waals surface area contributed by atoms with Crippen LogP contribution in [0.4, 0.5) is 0 Å². The number of aliphatic hydroxyl groups excluding tert-OH is 6. The molecule has 0 amide bonds. The molecule has 1 saturated carbocycles. The summed E-state index contributed by atoms with van der Waals surface area (Å²) in [7, 11) is 3.59. The Labute approximate surface area is 192 Å². The maximum atomic E-state index is 10.9. The van der Waals surface area contributed by atoms with Crippen LogP contribution in [0.5, 0.6) is 0 Å². The molecule has 0 aromatic rings. The van der Waals surface area contributed by atoms with Crippen LogP contribution in [0.1, 0.15) is 13.3 Å². The Balaban J connectivity index is 1.77. The molecule has 10 N–H and O–H groups in total. The number of hydrogen-bond donors (Lipinski definition) is 8. The lowest BCUT2D eigenvalue weighted by atomic mass is 9.80. The summed E-state index contributed by atoms with van der Waals surface area (Å²) in [5.74, 6) is -0.274. The van der Waals surface area contributed by atoms with Gasteiger partial charge in [0.2, 0.25) is 0 Å². The highest BCUT2D eigenvalue weighted by molar-refractivity contribution is 4.99. The zero-order chi connectivity index (χ0) is 24.6. The fraction of sp³-hybridized carbons (Fsp3) is 1.00. The van der Waals surface area contributed by atoms with Crippen molar-refractivity contribution in [2.75, 3.05) is 27.2 Å². The lowest BCUT2D eigenvalue weighted by Gasteiger charge is -2.47. The van der Waals surface area contributed by atoms with Crippen molar-refractivity contribution in [3.8, 4) is 0 Å². The Morgan fingerprint density at radius 1 is 0.818 bits per heavy atom. The van der Waals surface area contributed by atoms with Crippen LogP contribution in [0.25, 0.3) is 0 Å². The molecule has 0 spiro atoms. The second-order valence-corrected chi connectivity index (χ2v) is 9.64. The molecular formula is C20H39N3O10. The van der Waals surface area contributed by atoms with Gasteiger partial charge in [-0.1, -0.05) is 6.92 Å². The Morgan fingerprint density at radius 3 is 2.00 bits per heavy atom. The van der Waals surface area contributed by atoms with Gasteiger partial charge in [-0.25, -0.2) is 0 Å². The van der Waals surface area contributed by atoms with Crippen LogP contribution in [-0.4, -0.2) is 142 Å². The molecule has 2 saturated heterocycles. The van der Waals surface area contributed by atoms with Crippen LogP contribution in [-0.2, 0) is 18.9 Å². The molecule has 0 radical (unpaired) electrons. The van der Waals surface area contributed by atoms with E-state index in [2.05, 4.69) is 0 Å². The minimum Gasteiger partial charge on any atom is -0.394 e. The molecular weight excluding hydrogens is 442 g/mol. The van der Waals surface area contributed by atoms with Crippen molar-refractivity contribution in [1.29, 1.82) is 0 Å². The topological polar surface area (TPSA) is 214 Å². The van der Waals surface area contributed by atoms with Gasteiger partial charge in [0.25, 0.3) is 0 Å². The van der Waals surface area contributed by atoms with Crippen LogP contribution in [0, 0.1) is 5.92 Å². The van der Waals surface area contributed by atoms with E-state index >= 15 is 0 Å². The van der Waals surface area contributed by atoms with Crippen LogP contribution >= 0.6 is 0 Å². The second-order valence-electron chi connectivity index (χ2n) is 9.64. The van der Waals surface area contributed by atoms with Gasteiger partial charge in [0.1, 0.15) is 48.8 Å². The van der Waals surface area contributed by atoms with Gasteiger partial charge < -0.3 is 66.0 Å². The Bertz CT molecular complexity index is 631. The van der Waals surface area contributed by atoms with Gasteiger partial charge in [0.15, 0.2) is 12.6 Å². The first-order valence-corrected chi connectivity index (χ1v) is 11.2. The third-order valence-electron chi connectivity index (χ3n) is 6.68. The molecule has 3 fully saturated rings. The molecule has 0 bridgehead atoms. The molecule has 2 heterocycles. The lowest BCUT2D eigenvalue weighted by molar-refractivity contribution is -0.312. The third kappa shape index (κ3) is 5.67. The fourth-order valence-electron chi connectivity index (χ4n) is 4.67. The van der Waals surface area contributed by atoms with Gasteiger partial charge in [-0.3, -0.25) is 0 Å². The SMILES string of the molecule is C[C@@H]1CC(N)[C@@H](O[C@H]2OC(CO)[C@@H](O)[C@H](O)C2N)[C@H](O[C@@H]2O[C@H](CN(C)C)[C@H](O)C2O)C1O. The molecule has 0 aromatic heterocycles. The van der Waals surface area contributed by atoms with Crippen molar-refractivity contribution in [2.24, 2.45) is 17.4 Å². The van der Waals surface area contributed by atoms with E-state index in [1.807, 2.05) is 0 Å². The highest BCUT2D eigenvalue weighted by atomic mass is 16.7. The molecule has 0 aromatic carbocycles. The minimum absolute atomic E-state index is 0.274. The van der Waals surface area contributed by atoms with E-state index in [0.717, 1.165) is 0 Å². The Morgan fingerprint density at radius 2 is 1.39 bits per heavy atom. The maximum absolute atomic E-state index is 10.9. The van der Waals surface area contributed by atoms with Gasteiger partial charge in [-0.2, -0.15) is 0 Å². The van der Waals surface area contributed by atoms with E-state index in [1.165, 1.54) is 0 Å². The van der Waals surface area contributed by atoms with Gasteiger partial charge in [0, 0.05) is 12.6 Å². The van der Waals surface area contributed by atoms with Crippen molar-refractivity contribution in [2.45, 2.75) is 92.9 Å². The Hall–Kier alpha value is -0.520. The summed E-state index contributed by atoms with van der Waals surface area (Å²) in [6, 6.07) is -1.80. The van der Waals surface area contributed by atoms with Gasteiger partial charge in [0.05, 0.1) is 18.8 Å². The number of likely N-dealkylation sites (N-methyl/N-ethyl adjacent to an activating group) is 1. The molecule has 33 heavy (non-hydrogen) atoms. The summed E-state index contributed by atoms with van der Waals surface area (Å²) >= 11 is 0. The molecule has 13 nitrogen and oxygen atoms in total. The largest absolute Gasteiger partial charge is 0.394 e. The number of aliphatic hydroxyl groups is 6. The van der Waals surface area contributed by atoms with Crippen molar-refractivity contribution in [3.05, 3.63) is 0 Å². The first kappa shape index (κ1) is 27.1. The zero-order valence-corrected chi connectivity index (χ0v) is 19.1. The van der Waals surface area contributed by atoms with E-state index < -0.39 is 86.2 Å². The summed E-state index contributed by atoms with van der Waals surface area (Å²) in [6.45, 7) is 1.56. The lowest BCUT2D eigenvalue weighted by Crippen LogP contribution is -2.66. The van der Waals surface area contributed by atoms with Gasteiger partial charge in [-0.15, -0.1) is 0 Å². The zero-order valence-electron chi connectivity index (χ0n) is 19.1. The summed E-state index contributed by atoms with van der Waals surface area (Å²) in [6.07, 6.45) is -12.5. The normalized spacial score (nSPS) is 51.3. The molecule has 1 aliphatic carbocycles. The molecule has 5 unspecified atom stereocenters. The van der Waals surface area contributed by atoms with Gasteiger partial charge in [-0.05, 0) is 26.4 Å². The average Bonchev–Trinajstić information content (AvgIpc) is 3.01. The minimum atomic E-state index is -1.43. The standard InChI is InChI=1S/C20H39N3O10/c1-7-4-8(21)17(32-19-11(22)15(28)14(27)10(6-24)31-19)18(12(7)25)33-20-16(29)13(26)9(30-20)5-23(2)3/h7-20,24-29H,4-6,21-22H2,1-3H3/t7-,8?,9-,10?,11?,12?,13+,14-,15-,16?,17-,18-,19-,20+/m1/s1. The van der Waals surface area contributed by atoms with Crippen molar-refractivity contribution in [1.82, 2.24) is 4.90 Å². The molecule has 13 heteroatoms. The second kappa shape index (κ2) is 11.0. The van der Waals surface area contributed by atoms with Crippen molar-refractivity contribution in [3.63, 3.8) is 0 Å². The Kier molecular flexibility index (Phi) is 9.05. The fourth-order valence-corrected chi connectivity index (χ4v) is 4.67. The van der Waals surface area contributed by atoms with E-state index in [0.29, 0.717) is 13.0 Å². The number of nitrogens with zero attached hydrogens (tertiary/aromatic N) is 1. The summed E-state index contributed by atoms with van der Waals surface area (Å²) in [5, 5.41) is 61.4. The molecule has 3 aliphatic rings. The average molecular weight is 482 g/mol. The highest BCUT2D eigenvalue weighted by Gasteiger charge is 2.52. The number of ether oxygens (including phenoxy) is 4. The number of rotatable bonds is 7. The summed E-state index contributed by atoms with van der Waals surface area (Å²) < 4.78 is 23.1. The van der Waals surface area contributed by atoms with Crippen molar-refractivity contribution >= 4 is 0 Å². The number of nitrogens with two attached hydrogens (primary N) is 2. The van der Waals surface area contributed by atoms with E-state index in [9.17, 15) is 30.6 Å². The molecule has 14 atom stereocenters. The monoisotopic (exact) mass is 481 g/mol. The summed E-state index contributed by atoms with van der Waals surface area (Å²) in [5.41, 5.74) is 12.3. The smallest absolute Gasteiger partial charge is 0.187 e. The number of hydrogen-bond acceptors (Lipinski definition) is 13. The van der Waals surface area contributed by atoms with E-state index in [-0.39, 0.29) is 5.92 Å². The van der Waals surface area contributed by atoms with Crippen LogP contribution in [0.2, 0.25) is 0 Å². The molecule has 194 valence electrons. The first-order valence-electron chi connectivity index (χ1n) is 11.2.